The van der Waals surface area contributed by atoms with Crippen LogP contribution in [0.2, 0.25) is 0 Å². The molecule has 0 fully saturated rings. The van der Waals surface area contributed by atoms with Crippen LogP contribution in [-0.4, -0.2) is 26.1 Å². The van der Waals surface area contributed by atoms with Gasteiger partial charge < -0.3 is 9.26 Å². The molecule has 1 aromatic carbocycles. The van der Waals surface area contributed by atoms with Gasteiger partial charge in [0.2, 0.25) is 0 Å². The highest BCUT2D eigenvalue weighted by molar-refractivity contribution is 5.94. The van der Waals surface area contributed by atoms with Crippen molar-refractivity contribution in [3.05, 3.63) is 64.0 Å². The van der Waals surface area contributed by atoms with E-state index in [1.165, 1.54) is 0 Å². The van der Waals surface area contributed by atoms with Crippen molar-refractivity contribution in [3.8, 4) is 16.9 Å². The molecule has 4 heterocycles. The zero-order valence-electron chi connectivity index (χ0n) is 15.3. The Morgan fingerprint density at radius 1 is 1.22 bits per heavy atom. The molecule has 0 radical (unpaired) electrons. The lowest BCUT2D eigenvalue weighted by Crippen LogP contribution is -2.29. The molecular formula is C20H18N4O3. The number of aryl methyl sites for hydroxylation is 2. The molecule has 7 heteroatoms. The first-order valence-corrected chi connectivity index (χ1v) is 8.78. The minimum atomic E-state index is -0.124. The summed E-state index contributed by atoms with van der Waals surface area (Å²) in [6, 6.07) is 7.54. The van der Waals surface area contributed by atoms with Crippen molar-refractivity contribution in [2.45, 2.75) is 19.9 Å². The van der Waals surface area contributed by atoms with Gasteiger partial charge in [-0.15, -0.1) is 0 Å². The molecule has 136 valence electrons. The molecule has 0 spiro atoms. The fourth-order valence-corrected chi connectivity index (χ4v) is 4.01. The van der Waals surface area contributed by atoms with E-state index in [2.05, 4.69) is 10.1 Å². The Hall–Kier alpha value is -3.35. The summed E-state index contributed by atoms with van der Waals surface area (Å²) < 4.78 is 15.2. The van der Waals surface area contributed by atoms with E-state index in [1.807, 2.05) is 49.0 Å². The van der Waals surface area contributed by atoms with Crippen LogP contribution in [0.5, 0.6) is 5.75 Å². The van der Waals surface area contributed by atoms with E-state index in [0.717, 1.165) is 33.7 Å². The van der Waals surface area contributed by atoms with E-state index in [9.17, 15) is 4.79 Å². The fourth-order valence-electron chi connectivity index (χ4n) is 4.01. The van der Waals surface area contributed by atoms with Gasteiger partial charge in [-0.25, -0.2) is 0 Å². The molecule has 1 unspecified atom stereocenters. The molecule has 0 bridgehead atoms. The van der Waals surface area contributed by atoms with Gasteiger partial charge in [-0.3, -0.25) is 19.1 Å². The van der Waals surface area contributed by atoms with Crippen LogP contribution in [0.25, 0.3) is 22.0 Å². The molecule has 7 nitrogen and oxygen atoms in total. The van der Waals surface area contributed by atoms with E-state index in [1.54, 1.807) is 17.9 Å². The second-order valence-electron chi connectivity index (χ2n) is 6.82. The lowest BCUT2D eigenvalue weighted by Gasteiger charge is -2.28. The zero-order chi connectivity index (χ0) is 18.7. The largest absolute Gasteiger partial charge is 0.488 e. The monoisotopic (exact) mass is 362 g/mol. The summed E-state index contributed by atoms with van der Waals surface area (Å²) in [4.78, 5) is 17.1. The third kappa shape index (κ3) is 2.11. The van der Waals surface area contributed by atoms with Gasteiger partial charge in [-0.2, -0.15) is 0 Å². The summed E-state index contributed by atoms with van der Waals surface area (Å²) in [6.07, 6.45) is 3.55. The van der Waals surface area contributed by atoms with Gasteiger partial charge in [0.1, 0.15) is 23.9 Å². The number of hydrogen-bond donors (Lipinski definition) is 0. The predicted molar refractivity (Wildman–Crippen MR) is 100 cm³/mol. The molecule has 5 rings (SSSR count). The lowest BCUT2D eigenvalue weighted by atomic mass is 10.00. The molecular weight excluding hydrogens is 344 g/mol. The Morgan fingerprint density at radius 3 is 2.78 bits per heavy atom. The summed E-state index contributed by atoms with van der Waals surface area (Å²) in [6.45, 7) is 4.20. The number of nitrogens with zero attached hydrogens (tertiary/aromatic N) is 4. The van der Waals surface area contributed by atoms with Crippen LogP contribution in [0.1, 0.15) is 23.1 Å². The molecule has 27 heavy (non-hydrogen) atoms. The van der Waals surface area contributed by atoms with Crippen molar-refractivity contribution >= 4 is 10.9 Å². The maximum absolute atomic E-state index is 12.8. The molecule has 0 aliphatic carbocycles. The summed E-state index contributed by atoms with van der Waals surface area (Å²) in [7, 11) is 1.79. The number of benzene rings is 1. The van der Waals surface area contributed by atoms with E-state index >= 15 is 0 Å². The third-order valence-corrected chi connectivity index (χ3v) is 5.26. The second kappa shape index (κ2) is 5.57. The Bertz CT molecular complexity index is 1210. The van der Waals surface area contributed by atoms with E-state index < -0.39 is 0 Å². The molecule has 0 saturated heterocycles. The summed E-state index contributed by atoms with van der Waals surface area (Å²) >= 11 is 0. The Morgan fingerprint density at radius 2 is 2.07 bits per heavy atom. The molecule has 3 aromatic heterocycles. The van der Waals surface area contributed by atoms with Gasteiger partial charge in [-0.05, 0) is 37.6 Å². The first-order chi connectivity index (χ1) is 13.1. The van der Waals surface area contributed by atoms with Crippen LogP contribution in [0, 0.1) is 13.8 Å². The van der Waals surface area contributed by atoms with Crippen LogP contribution in [0.3, 0.4) is 0 Å². The molecule has 0 amide bonds. The van der Waals surface area contributed by atoms with Crippen LogP contribution in [0.15, 0.2) is 46.0 Å². The summed E-state index contributed by atoms with van der Waals surface area (Å²) in [5.74, 6) is 1.42. The van der Waals surface area contributed by atoms with Gasteiger partial charge >= 0.3 is 0 Å². The normalized spacial score (nSPS) is 15.9. The predicted octanol–water partition coefficient (Wildman–Crippen LogP) is 2.99. The smallest absolute Gasteiger partial charge is 0.274 e. The van der Waals surface area contributed by atoms with E-state index in [0.29, 0.717) is 17.7 Å². The van der Waals surface area contributed by atoms with Crippen LogP contribution >= 0.6 is 0 Å². The van der Waals surface area contributed by atoms with E-state index in [4.69, 9.17) is 9.26 Å². The third-order valence-electron chi connectivity index (χ3n) is 5.26. The first-order valence-electron chi connectivity index (χ1n) is 8.78. The standard InChI is InChI=1S/C20H18N4O3/c1-11-17(12(2)27-22-11)14-6-7-15-18-19(14)26-10-16(13-5-4-8-21-9-13)24(18)23(3)20(15)25/h4-9,16H,10H2,1-3H3. The maximum atomic E-state index is 12.8. The van der Waals surface area contributed by atoms with Crippen molar-refractivity contribution in [3.63, 3.8) is 0 Å². The van der Waals surface area contributed by atoms with E-state index in [-0.39, 0.29) is 11.6 Å². The van der Waals surface area contributed by atoms with Crippen LogP contribution in [-0.2, 0) is 7.05 Å². The Labute approximate surface area is 154 Å². The topological polar surface area (TPSA) is 75.1 Å². The minimum Gasteiger partial charge on any atom is -0.488 e. The number of pyridine rings is 1. The molecule has 0 N–H and O–H groups in total. The van der Waals surface area contributed by atoms with Gasteiger partial charge in [0.05, 0.1) is 16.6 Å². The molecule has 1 aliphatic heterocycles. The van der Waals surface area contributed by atoms with Gasteiger partial charge in [0, 0.05) is 25.0 Å². The van der Waals surface area contributed by atoms with Crippen LogP contribution < -0.4 is 10.3 Å². The summed E-state index contributed by atoms with van der Waals surface area (Å²) in [5.41, 5.74) is 4.35. The highest BCUT2D eigenvalue weighted by Crippen LogP contribution is 2.43. The highest BCUT2D eigenvalue weighted by atomic mass is 16.5. The highest BCUT2D eigenvalue weighted by Gasteiger charge is 2.31. The quantitative estimate of drug-likeness (QED) is 0.548. The Kier molecular flexibility index (Phi) is 3.28. The second-order valence-corrected chi connectivity index (χ2v) is 6.82. The average molecular weight is 362 g/mol. The molecule has 1 aliphatic rings. The van der Waals surface area contributed by atoms with Gasteiger partial charge in [-0.1, -0.05) is 11.2 Å². The van der Waals surface area contributed by atoms with Gasteiger partial charge in [0.15, 0.2) is 5.75 Å². The zero-order valence-corrected chi connectivity index (χ0v) is 15.3. The van der Waals surface area contributed by atoms with Crippen molar-refractivity contribution in [2.24, 2.45) is 7.05 Å². The van der Waals surface area contributed by atoms with Crippen molar-refractivity contribution in [1.82, 2.24) is 19.5 Å². The lowest BCUT2D eigenvalue weighted by molar-refractivity contribution is 0.236. The number of hydrogen-bond acceptors (Lipinski definition) is 5. The van der Waals surface area contributed by atoms with Gasteiger partial charge in [0.25, 0.3) is 5.56 Å². The average Bonchev–Trinajstić information content (AvgIpc) is 3.16. The Balaban J connectivity index is 1.85. The van der Waals surface area contributed by atoms with Crippen molar-refractivity contribution < 1.29 is 9.26 Å². The molecule has 0 saturated carbocycles. The fraction of sp³-hybridized carbons (Fsp3) is 0.250. The number of aromatic nitrogens is 4. The number of rotatable bonds is 2. The molecule has 4 aromatic rings. The van der Waals surface area contributed by atoms with Crippen molar-refractivity contribution in [2.75, 3.05) is 6.61 Å². The SMILES string of the molecule is Cc1noc(C)c1-c1ccc2c(=O)n(C)n3c2c1OCC3c1cccnc1. The first kappa shape index (κ1) is 15.9. The summed E-state index contributed by atoms with van der Waals surface area (Å²) in [5, 5.41) is 4.70. The maximum Gasteiger partial charge on any atom is 0.274 e. The minimum absolute atomic E-state index is 0.0454. The molecule has 1 atom stereocenters. The van der Waals surface area contributed by atoms with Crippen LogP contribution in [0.4, 0.5) is 0 Å². The number of ether oxygens (including phenoxy) is 1. The van der Waals surface area contributed by atoms with Crippen molar-refractivity contribution in [1.29, 1.82) is 0 Å².